The first kappa shape index (κ1) is 19.1. The molecule has 0 radical (unpaired) electrons. The maximum Gasteiger partial charge on any atom is 0.220 e. The molecule has 0 bridgehead atoms. The van der Waals surface area contributed by atoms with Crippen molar-refractivity contribution in [3.8, 4) is 11.3 Å². The third-order valence-corrected chi connectivity index (χ3v) is 10.6. The molecular weight excluding hydrogens is 366 g/mol. The minimum absolute atomic E-state index is 0.662. The van der Waals surface area contributed by atoms with Crippen molar-refractivity contribution in [1.29, 1.82) is 0 Å². The highest BCUT2D eigenvalue weighted by Gasteiger charge is 2.29. The number of nitrogens with zero attached hydrogens (tertiary/aromatic N) is 1. The van der Waals surface area contributed by atoms with Crippen molar-refractivity contribution in [1.82, 2.24) is 0 Å². The largest absolute Gasteiger partial charge is 0.220 e. The average molecular weight is 404 g/mol. The molecule has 1 aromatic heterocycles. The van der Waals surface area contributed by atoms with Crippen molar-refractivity contribution >= 4 is 18.8 Å². The Labute approximate surface area is 179 Å². The Morgan fingerprint density at radius 1 is 1.00 bits per heavy atom. The Hall–Kier alpha value is -1.93. The lowest BCUT2D eigenvalue weighted by molar-refractivity contribution is -0.665. The van der Waals surface area contributed by atoms with Crippen molar-refractivity contribution in [2.24, 2.45) is 7.05 Å². The monoisotopic (exact) mass is 403 g/mol. The summed E-state index contributed by atoms with van der Waals surface area (Å²) in [7, 11) is 1.16. The van der Waals surface area contributed by atoms with Gasteiger partial charge in [0.15, 0.2) is 5.69 Å². The normalized spacial score (nSPS) is 17.6. The zero-order valence-electron chi connectivity index (χ0n) is 20.2. The molecule has 1 aliphatic heterocycles. The van der Waals surface area contributed by atoms with Crippen LogP contribution in [0.5, 0.6) is 0 Å². The topological polar surface area (TPSA) is 3.88 Å². The molecule has 1 nitrogen and oxygen atoms in total. The molecule has 3 aromatic rings. The quantitative estimate of drug-likeness (QED) is 0.316. The number of rotatable bonds is 2. The standard InChI is InChI=1S/C27H36NSi/c1-18-14-19(2)21(4)26(15-18)27-25-9-8-23(17-24(25)16-20(3)28(27)5)22-10-12-29(6,7)13-11-22/h8-9,14-17,22H,10-13H2,1-7H3/q+1/i16D. The summed E-state index contributed by atoms with van der Waals surface area (Å²) in [5.41, 5.74) is 8.96. The van der Waals surface area contributed by atoms with Gasteiger partial charge in [-0.1, -0.05) is 48.9 Å². The van der Waals surface area contributed by atoms with Crippen LogP contribution in [0.3, 0.4) is 0 Å². The molecule has 1 fully saturated rings. The van der Waals surface area contributed by atoms with Crippen molar-refractivity contribution in [3.05, 3.63) is 64.3 Å². The van der Waals surface area contributed by atoms with Crippen molar-refractivity contribution in [2.45, 2.75) is 71.6 Å². The van der Waals surface area contributed by atoms with Gasteiger partial charge in [0.25, 0.3) is 0 Å². The van der Waals surface area contributed by atoms with Crippen molar-refractivity contribution in [2.75, 3.05) is 0 Å². The fraction of sp³-hybridized carbons (Fsp3) is 0.444. The minimum Gasteiger partial charge on any atom is -0.198 e. The number of fused-ring (bicyclic) bond motifs is 1. The van der Waals surface area contributed by atoms with Crippen LogP contribution in [0.25, 0.3) is 22.0 Å². The summed E-state index contributed by atoms with van der Waals surface area (Å²) < 4.78 is 11.1. The molecule has 0 spiro atoms. The smallest absolute Gasteiger partial charge is 0.198 e. The van der Waals surface area contributed by atoms with Gasteiger partial charge in [-0.2, -0.15) is 4.57 Å². The van der Waals surface area contributed by atoms with Gasteiger partial charge >= 0.3 is 0 Å². The molecule has 0 aliphatic carbocycles. The van der Waals surface area contributed by atoms with E-state index >= 15 is 0 Å². The van der Waals surface area contributed by atoms with Crippen LogP contribution in [0.2, 0.25) is 25.2 Å². The van der Waals surface area contributed by atoms with Gasteiger partial charge in [-0.15, -0.1) is 0 Å². The highest BCUT2D eigenvalue weighted by Crippen LogP contribution is 2.40. The second-order valence-corrected chi connectivity index (χ2v) is 15.4. The molecule has 0 N–H and O–H groups in total. The number of hydrogen-bond acceptors (Lipinski definition) is 0. The summed E-state index contributed by atoms with van der Waals surface area (Å²) in [6.07, 6.45) is 2.64. The van der Waals surface area contributed by atoms with Crippen LogP contribution in [0.15, 0.2) is 36.4 Å². The highest BCUT2D eigenvalue weighted by atomic mass is 28.3. The van der Waals surface area contributed by atoms with Gasteiger partial charge < -0.3 is 0 Å². The van der Waals surface area contributed by atoms with Gasteiger partial charge in [-0.25, -0.2) is 0 Å². The van der Waals surface area contributed by atoms with Crippen LogP contribution in [0.1, 0.15) is 48.1 Å². The van der Waals surface area contributed by atoms with E-state index in [4.69, 9.17) is 1.37 Å². The van der Waals surface area contributed by atoms with Crippen molar-refractivity contribution < 1.29 is 5.94 Å². The van der Waals surface area contributed by atoms with E-state index in [1.54, 1.807) is 0 Å². The fourth-order valence-corrected chi connectivity index (χ4v) is 7.61. The molecule has 1 saturated heterocycles. The number of aromatic nitrogens is 1. The average Bonchev–Trinajstić information content (AvgIpc) is 2.70. The van der Waals surface area contributed by atoms with Crippen molar-refractivity contribution in [3.63, 3.8) is 0 Å². The fourth-order valence-electron chi connectivity index (χ4n) is 5.10. The Balaban J connectivity index is 1.91. The Kier molecular flexibility index (Phi) is 4.86. The van der Waals surface area contributed by atoms with Gasteiger partial charge in [0.1, 0.15) is 7.05 Å². The second kappa shape index (κ2) is 7.39. The molecule has 2 aromatic carbocycles. The molecule has 1 aliphatic rings. The molecule has 0 amide bonds. The van der Waals surface area contributed by atoms with Gasteiger partial charge in [0, 0.05) is 21.0 Å². The molecule has 29 heavy (non-hydrogen) atoms. The summed E-state index contributed by atoms with van der Waals surface area (Å²) in [5, 5.41) is 2.31. The van der Waals surface area contributed by atoms with Gasteiger partial charge in [-0.3, -0.25) is 0 Å². The zero-order chi connectivity index (χ0) is 21.8. The van der Waals surface area contributed by atoms with Crippen LogP contribution in [-0.2, 0) is 7.05 Å². The Bertz CT molecular complexity index is 1140. The summed E-state index contributed by atoms with van der Waals surface area (Å²) in [5.74, 6) is 0.662. The van der Waals surface area contributed by atoms with Crippen LogP contribution < -0.4 is 4.57 Å². The predicted molar refractivity (Wildman–Crippen MR) is 129 cm³/mol. The van der Waals surface area contributed by atoms with E-state index < -0.39 is 8.07 Å². The summed E-state index contributed by atoms with van der Waals surface area (Å²) in [6.45, 7) is 13.8. The zero-order valence-corrected chi connectivity index (χ0v) is 20.2. The lowest BCUT2D eigenvalue weighted by Crippen LogP contribution is -2.35. The molecular formula is C27H36NSi+. The summed E-state index contributed by atoms with van der Waals surface area (Å²) in [4.78, 5) is 0. The molecule has 0 saturated carbocycles. The Morgan fingerprint density at radius 2 is 1.69 bits per heavy atom. The summed E-state index contributed by atoms with van der Waals surface area (Å²) >= 11 is 0. The maximum absolute atomic E-state index is 8.89. The Morgan fingerprint density at radius 3 is 2.38 bits per heavy atom. The van der Waals surface area contributed by atoms with Crippen LogP contribution in [0, 0.1) is 27.7 Å². The number of hydrogen-bond donors (Lipinski definition) is 0. The van der Waals surface area contributed by atoms with Gasteiger partial charge in [0.2, 0.25) is 5.69 Å². The second-order valence-electron chi connectivity index (χ2n) is 10.1. The van der Waals surface area contributed by atoms with Crippen LogP contribution in [-0.4, -0.2) is 8.07 Å². The first-order valence-electron chi connectivity index (χ1n) is 11.6. The van der Waals surface area contributed by atoms with Crippen LogP contribution >= 0.6 is 0 Å². The number of benzene rings is 2. The minimum atomic E-state index is -0.957. The van der Waals surface area contributed by atoms with Gasteiger partial charge in [-0.05, 0) is 73.7 Å². The molecule has 152 valence electrons. The first-order valence-corrected chi connectivity index (χ1v) is 14.5. The summed E-state index contributed by atoms with van der Waals surface area (Å²) in [6, 6.07) is 15.1. The van der Waals surface area contributed by atoms with E-state index in [9.17, 15) is 0 Å². The maximum atomic E-state index is 8.89. The molecule has 0 unspecified atom stereocenters. The van der Waals surface area contributed by atoms with Crippen LogP contribution in [0.4, 0.5) is 0 Å². The number of pyridine rings is 1. The first-order chi connectivity index (χ1) is 14.1. The SMILES string of the molecule is [2H]c1c(C)[n+](C)c(-c2cc(C)cc(C)c2C)c2ccc(C3CC[Si](C)(C)CC3)cc12. The van der Waals surface area contributed by atoms with E-state index in [0.29, 0.717) is 12.0 Å². The molecule has 4 rings (SSSR count). The van der Waals surface area contributed by atoms with E-state index in [-0.39, 0.29) is 0 Å². The van der Waals surface area contributed by atoms with Gasteiger partial charge in [0.05, 0.1) is 12.3 Å². The molecule has 0 atom stereocenters. The van der Waals surface area contributed by atoms with E-state index in [0.717, 1.165) is 11.1 Å². The van der Waals surface area contributed by atoms with E-state index in [1.165, 1.54) is 63.8 Å². The lowest BCUT2D eigenvalue weighted by Gasteiger charge is -2.33. The van der Waals surface area contributed by atoms with E-state index in [1.807, 2.05) is 0 Å². The predicted octanol–water partition coefficient (Wildman–Crippen LogP) is 7.15. The lowest BCUT2D eigenvalue weighted by atomic mass is 9.89. The third kappa shape index (κ3) is 3.80. The number of aryl methyl sites for hydroxylation is 2. The van der Waals surface area contributed by atoms with E-state index in [2.05, 4.69) is 82.7 Å². The molecule has 2 heteroatoms. The third-order valence-electron chi connectivity index (χ3n) is 7.33. The molecule has 2 heterocycles. The highest BCUT2D eigenvalue weighted by molar-refractivity contribution is 6.77.